The van der Waals surface area contributed by atoms with E-state index in [0.29, 0.717) is 36.7 Å². The van der Waals surface area contributed by atoms with Gasteiger partial charge in [-0.05, 0) is 51.0 Å². The van der Waals surface area contributed by atoms with E-state index in [1.807, 2.05) is 38.1 Å². The first-order valence-corrected chi connectivity index (χ1v) is 12.0. The summed E-state index contributed by atoms with van der Waals surface area (Å²) in [6.45, 7) is 5.01. The zero-order valence-corrected chi connectivity index (χ0v) is 18.6. The van der Waals surface area contributed by atoms with Crippen LogP contribution in [0.25, 0.3) is 10.9 Å². The van der Waals surface area contributed by atoms with Crippen LogP contribution in [0.3, 0.4) is 0 Å². The molecule has 0 unspecified atom stereocenters. The molecule has 0 aliphatic carbocycles. The number of hydrogen-bond acceptors (Lipinski definition) is 4. The fourth-order valence-electron chi connectivity index (χ4n) is 4.07. The summed E-state index contributed by atoms with van der Waals surface area (Å²) < 4.78 is 33.7. The van der Waals surface area contributed by atoms with E-state index in [-0.39, 0.29) is 10.8 Å². The molecule has 7 nitrogen and oxygen atoms in total. The second-order valence-corrected chi connectivity index (χ2v) is 9.59. The van der Waals surface area contributed by atoms with Gasteiger partial charge < -0.3 is 15.0 Å². The number of piperidine rings is 1. The van der Waals surface area contributed by atoms with Gasteiger partial charge in [-0.15, -0.1) is 0 Å². The minimum absolute atomic E-state index is 0.0877. The van der Waals surface area contributed by atoms with Gasteiger partial charge in [0.2, 0.25) is 10.0 Å². The summed E-state index contributed by atoms with van der Waals surface area (Å²) >= 11 is 0. The average molecular weight is 442 g/mol. The number of rotatable bonds is 6. The SMILES string of the molecule is CCOc1ccc(NC(=O)c2c(C)[nH]c3ccccc23)cc1S(=O)(=O)N1CCCCC1. The van der Waals surface area contributed by atoms with Crippen LogP contribution >= 0.6 is 0 Å². The highest BCUT2D eigenvalue weighted by Crippen LogP contribution is 2.32. The highest BCUT2D eigenvalue weighted by molar-refractivity contribution is 7.89. The molecule has 2 N–H and O–H groups in total. The lowest BCUT2D eigenvalue weighted by atomic mass is 10.1. The van der Waals surface area contributed by atoms with Crippen molar-refractivity contribution in [1.82, 2.24) is 9.29 Å². The number of aromatic nitrogens is 1. The van der Waals surface area contributed by atoms with Crippen molar-refractivity contribution in [3.63, 3.8) is 0 Å². The number of amides is 1. The second kappa shape index (κ2) is 8.72. The molecular formula is C23H27N3O4S. The number of aromatic amines is 1. The fraction of sp³-hybridized carbons (Fsp3) is 0.348. The summed E-state index contributed by atoms with van der Waals surface area (Å²) in [6.07, 6.45) is 2.73. The number of aryl methyl sites for hydroxylation is 1. The molecule has 0 atom stereocenters. The van der Waals surface area contributed by atoms with Gasteiger partial charge in [-0.25, -0.2) is 8.42 Å². The fourth-order valence-corrected chi connectivity index (χ4v) is 5.74. The molecule has 4 rings (SSSR count). The lowest BCUT2D eigenvalue weighted by molar-refractivity contribution is 0.102. The molecule has 1 fully saturated rings. The van der Waals surface area contributed by atoms with E-state index in [1.54, 1.807) is 12.1 Å². The number of hydrogen-bond donors (Lipinski definition) is 2. The molecular weight excluding hydrogens is 414 g/mol. The van der Waals surface area contributed by atoms with Gasteiger partial charge in [0.25, 0.3) is 5.91 Å². The number of benzene rings is 2. The molecule has 0 bridgehead atoms. The third kappa shape index (κ3) is 4.18. The summed E-state index contributed by atoms with van der Waals surface area (Å²) in [5.74, 6) is 0.00905. The second-order valence-electron chi connectivity index (χ2n) is 7.68. The van der Waals surface area contributed by atoms with Gasteiger partial charge in [0.1, 0.15) is 10.6 Å². The van der Waals surface area contributed by atoms with E-state index in [9.17, 15) is 13.2 Å². The number of sulfonamides is 1. The molecule has 1 aliphatic rings. The van der Waals surface area contributed by atoms with Crippen molar-refractivity contribution in [2.45, 2.75) is 38.0 Å². The molecule has 3 aromatic rings. The Balaban J connectivity index is 1.68. The van der Waals surface area contributed by atoms with Gasteiger partial charge in [-0.1, -0.05) is 24.6 Å². The Bertz CT molecular complexity index is 1210. The number of fused-ring (bicyclic) bond motifs is 1. The smallest absolute Gasteiger partial charge is 0.258 e. The summed E-state index contributed by atoms with van der Waals surface area (Å²) in [7, 11) is -3.72. The molecule has 1 aliphatic heterocycles. The standard InChI is InChI=1S/C23H27N3O4S/c1-3-30-20-12-11-17(15-21(20)31(28,29)26-13-7-4-8-14-26)25-23(27)22-16(2)24-19-10-6-5-9-18(19)22/h5-6,9-12,15,24H,3-4,7-8,13-14H2,1-2H3,(H,25,27). The molecule has 8 heteroatoms. The van der Waals surface area contributed by atoms with Crippen molar-refractivity contribution in [3.8, 4) is 5.75 Å². The van der Waals surface area contributed by atoms with Crippen LogP contribution in [0.15, 0.2) is 47.4 Å². The third-order valence-corrected chi connectivity index (χ3v) is 7.47. The zero-order chi connectivity index (χ0) is 22.0. The van der Waals surface area contributed by atoms with Crippen molar-refractivity contribution in [2.24, 2.45) is 0 Å². The monoisotopic (exact) mass is 441 g/mol. The first-order chi connectivity index (χ1) is 14.9. The van der Waals surface area contributed by atoms with Gasteiger partial charge >= 0.3 is 0 Å². The van der Waals surface area contributed by atoms with Gasteiger partial charge in [-0.3, -0.25) is 4.79 Å². The van der Waals surface area contributed by atoms with Crippen LogP contribution < -0.4 is 10.1 Å². The van der Waals surface area contributed by atoms with Crippen LogP contribution in [0, 0.1) is 6.92 Å². The van der Waals surface area contributed by atoms with E-state index in [1.165, 1.54) is 10.4 Å². The number of nitrogens with one attached hydrogen (secondary N) is 2. The van der Waals surface area contributed by atoms with E-state index in [2.05, 4.69) is 10.3 Å². The molecule has 1 saturated heterocycles. The molecule has 0 spiro atoms. The summed E-state index contributed by atoms with van der Waals surface area (Å²) in [6, 6.07) is 12.4. The molecule has 1 aromatic heterocycles. The van der Waals surface area contributed by atoms with Gasteiger partial charge in [0, 0.05) is 35.4 Å². The largest absolute Gasteiger partial charge is 0.492 e. The van der Waals surface area contributed by atoms with Crippen LogP contribution in [0.2, 0.25) is 0 Å². The van der Waals surface area contributed by atoms with E-state index >= 15 is 0 Å². The van der Waals surface area contributed by atoms with Crippen molar-refractivity contribution in [1.29, 1.82) is 0 Å². The maximum atomic E-state index is 13.3. The highest BCUT2D eigenvalue weighted by atomic mass is 32.2. The van der Waals surface area contributed by atoms with E-state index in [0.717, 1.165) is 35.9 Å². The Kier molecular flexibility index (Phi) is 6.02. The maximum Gasteiger partial charge on any atom is 0.258 e. The lowest BCUT2D eigenvalue weighted by Crippen LogP contribution is -2.35. The number of anilines is 1. The Morgan fingerprint density at radius 1 is 1.13 bits per heavy atom. The van der Waals surface area contributed by atoms with Crippen LogP contribution in [0.4, 0.5) is 5.69 Å². The normalized spacial score (nSPS) is 15.2. The number of ether oxygens (including phenoxy) is 1. The average Bonchev–Trinajstić information content (AvgIpc) is 3.11. The number of para-hydroxylation sites is 1. The van der Waals surface area contributed by atoms with Crippen LogP contribution in [-0.2, 0) is 10.0 Å². The minimum atomic E-state index is -3.72. The number of nitrogens with zero attached hydrogens (tertiary/aromatic N) is 1. The molecule has 0 saturated carbocycles. The third-order valence-electron chi connectivity index (χ3n) is 5.55. The predicted octanol–water partition coefficient (Wildman–Crippen LogP) is 4.30. The summed E-state index contributed by atoms with van der Waals surface area (Å²) in [5, 5.41) is 3.69. The number of H-pyrrole nitrogens is 1. The molecule has 0 radical (unpaired) electrons. The lowest BCUT2D eigenvalue weighted by Gasteiger charge is -2.27. The van der Waals surface area contributed by atoms with Crippen LogP contribution in [0.1, 0.15) is 42.2 Å². The Hall–Kier alpha value is -2.84. The summed E-state index contributed by atoms with van der Waals surface area (Å²) in [4.78, 5) is 16.4. The predicted molar refractivity (Wildman–Crippen MR) is 121 cm³/mol. The Labute approximate surface area is 182 Å². The van der Waals surface area contributed by atoms with Crippen LogP contribution in [-0.4, -0.2) is 43.3 Å². The van der Waals surface area contributed by atoms with Crippen molar-refractivity contribution in [2.75, 3.05) is 25.0 Å². The first-order valence-electron chi connectivity index (χ1n) is 10.6. The van der Waals surface area contributed by atoms with E-state index in [4.69, 9.17) is 4.74 Å². The number of carbonyl (C=O) groups excluding carboxylic acids is 1. The highest BCUT2D eigenvalue weighted by Gasteiger charge is 2.29. The molecule has 1 amide bonds. The molecule has 31 heavy (non-hydrogen) atoms. The zero-order valence-electron chi connectivity index (χ0n) is 17.8. The quantitative estimate of drug-likeness (QED) is 0.597. The van der Waals surface area contributed by atoms with Crippen molar-refractivity contribution >= 4 is 32.5 Å². The maximum absolute atomic E-state index is 13.3. The molecule has 2 heterocycles. The topological polar surface area (TPSA) is 91.5 Å². The van der Waals surface area contributed by atoms with E-state index < -0.39 is 10.0 Å². The number of carbonyl (C=O) groups is 1. The molecule has 2 aromatic carbocycles. The van der Waals surface area contributed by atoms with Gasteiger partial charge in [0.05, 0.1) is 12.2 Å². The van der Waals surface area contributed by atoms with Crippen molar-refractivity contribution < 1.29 is 17.9 Å². The first kappa shape index (κ1) is 21.4. The Morgan fingerprint density at radius 2 is 1.87 bits per heavy atom. The van der Waals surface area contributed by atoms with Crippen LogP contribution in [0.5, 0.6) is 5.75 Å². The van der Waals surface area contributed by atoms with Crippen molar-refractivity contribution in [3.05, 3.63) is 53.7 Å². The summed E-state index contributed by atoms with van der Waals surface area (Å²) in [5.41, 5.74) is 2.59. The minimum Gasteiger partial charge on any atom is -0.492 e. The van der Waals surface area contributed by atoms with Gasteiger partial charge in [0.15, 0.2) is 0 Å². The van der Waals surface area contributed by atoms with Gasteiger partial charge in [-0.2, -0.15) is 4.31 Å². The Morgan fingerprint density at radius 3 is 2.61 bits per heavy atom. The molecule has 164 valence electrons.